The van der Waals surface area contributed by atoms with E-state index < -0.39 is 0 Å². The van der Waals surface area contributed by atoms with Crippen molar-refractivity contribution in [2.75, 3.05) is 6.61 Å². The van der Waals surface area contributed by atoms with Crippen LogP contribution in [0.4, 0.5) is 4.39 Å². The summed E-state index contributed by atoms with van der Waals surface area (Å²) in [6.45, 7) is 2.65. The number of hydrogen-bond donors (Lipinski definition) is 2. The number of imidazole rings is 1. The van der Waals surface area contributed by atoms with Crippen molar-refractivity contribution in [2.45, 2.75) is 25.9 Å². The second-order valence-corrected chi connectivity index (χ2v) is 3.97. The van der Waals surface area contributed by atoms with Gasteiger partial charge in [-0.15, -0.1) is 0 Å². The molecular weight excluding hydrogens is 221 g/mol. The van der Waals surface area contributed by atoms with Gasteiger partial charge in [-0.05, 0) is 31.5 Å². The van der Waals surface area contributed by atoms with Crippen LogP contribution in [-0.2, 0) is 6.54 Å². The lowest BCUT2D eigenvalue weighted by atomic mass is 10.2. The summed E-state index contributed by atoms with van der Waals surface area (Å²) < 4.78 is 15.1. The average Bonchev–Trinajstić information content (AvgIpc) is 2.67. The minimum atomic E-state index is -0.324. The quantitative estimate of drug-likeness (QED) is 0.848. The van der Waals surface area contributed by atoms with Gasteiger partial charge in [0.15, 0.2) is 0 Å². The van der Waals surface area contributed by atoms with Gasteiger partial charge in [-0.2, -0.15) is 0 Å². The fourth-order valence-electron chi connectivity index (χ4n) is 2.00. The number of aromatic nitrogens is 2. The molecule has 0 aliphatic rings. The molecule has 5 heteroatoms. The molecule has 17 heavy (non-hydrogen) atoms. The third kappa shape index (κ3) is 2.16. The first-order valence-corrected chi connectivity index (χ1v) is 5.69. The largest absolute Gasteiger partial charge is 0.396 e. The van der Waals surface area contributed by atoms with E-state index in [0.717, 1.165) is 11.0 Å². The molecule has 2 aromatic rings. The van der Waals surface area contributed by atoms with Crippen LogP contribution < -0.4 is 5.73 Å². The molecule has 92 valence electrons. The minimum absolute atomic E-state index is 0.0163. The van der Waals surface area contributed by atoms with Crippen LogP contribution in [0.2, 0.25) is 0 Å². The Morgan fingerprint density at radius 1 is 1.53 bits per heavy atom. The van der Waals surface area contributed by atoms with Crippen molar-refractivity contribution < 1.29 is 9.50 Å². The number of fused-ring (bicyclic) bond motifs is 1. The number of nitrogens with two attached hydrogens (primary N) is 1. The Kier molecular flexibility index (Phi) is 3.40. The van der Waals surface area contributed by atoms with Gasteiger partial charge in [0.25, 0.3) is 0 Å². The Labute approximate surface area is 98.9 Å². The van der Waals surface area contributed by atoms with Crippen LogP contribution in [0.15, 0.2) is 18.2 Å². The molecule has 0 saturated heterocycles. The second-order valence-electron chi connectivity index (χ2n) is 3.97. The Balaban J connectivity index is 2.55. The first kappa shape index (κ1) is 12.0. The van der Waals surface area contributed by atoms with Crippen LogP contribution in [0, 0.1) is 5.82 Å². The molecule has 4 nitrogen and oxygen atoms in total. The summed E-state index contributed by atoms with van der Waals surface area (Å²) in [6.07, 6.45) is 0.450. The number of halogens is 1. The highest BCUT2D eigenvalue weighted by molar-refractivity contribution is 5.76. The van der Waals surface area contributed by atoms with E-state index in [4.69, 9.17) is 10.8 Å². The maximum Gasteiger partial charge on any atom is 0.126 e. The molecular formula is C12H16FN3O. The van der Waals surface area contributed by atoms with Gasteiger partial charge in [-0.3, -0.25) is 0 Å². The van der Waals surface area contributed by atoms with Crippen LogP contribution in [-0.4, -0.2) is 21.3 Å². The Bertz CT molecular complexity index is 524. The maximum atomic E-state index is 13.2. The van der Waals surface area contributed by atoms with Gasteiger partial charge in [0.2, 0.25) is 0 Å². The lowest BCUT2D eigenvalue weighted by Crippen LogP contribution is -2.17. The van der Waals surface area contributed by atoms with Crippen molar-refractivity contribution in [3.63, 3.8) is 0 Å². The topological polar surface area (TPSA) is 64.1 Å². The molecule has 0 amide bonds. The average molecular weight is 237 g/mol. The number of hydrogen-bond acceptors (Lipinski definition) is 3. The summed E-state index contributed by atoms with van der Waals surface area (Å²) in [5.74, 6) is 0.413. The third-order valence-electron chi connectivity index (χ3n) is 2.83. The number of aliphatic hydroxyl groups excluding tert-OH is 1. The molecule has 0 aliphatic heterocycles. The molecule has 3 N–H and O–H groups in total. The van der Waals surface area contributed by atoms with Gasteiger partial charge in [0, 0.05) is 13.2 Å². The number of nitrogens with zero attached hydrogens (tertiary/aromatic N) is 2. The highest BCUT2D eigenvalue weighted by Crippen LogP contribution is 2.22. The summed E-state index contributed by atoms with van der Waals surface area (Å²) in [5, 5.41) is 8.90. The van der Waals surface area contributed by atoms with Crippen LogP contribution >= 0.6 is 0 Å². The fourth-order valence-corrected chi connectivity index (χ4v) is 2.00. The predicted octanol–water partition coefficient (Wildman–Crippen LogP) is 1.58. The van der Waals surface area contributed by atoms with E-state index in [2.05, 4.69) is 4.98 Å². The monoisotopic (exact) mass is 237 g/mol. The van der Waals surface area contributed by atoms with Crippen LogP contribution in [0.1, 0.15) is 25.2 Å². The molecule has 1 atom stereocenters. The first-order chi connectivity index (χ1) is 8.17. The summed E-state index contributed by atoms with van der Waals surface area (Å²) in [6, 6.07) is 4.17. The van der Waals surface area contributed by atoms with Crippen LogP contribution in [0.5, 0.6) is 0 Å². The van der Waals surface area contributed by atoms with Gasteiger partial charge in [0.1, 0.15) is 11.6 Å². The van der Waals surface area contributed by atoms with E-state index in [1.807, 2.05) is 11.5 Å². The summed E-state index contributed by atoms with van der Waals surface area (Å²) in [7, 11) is 0. The zero-order chi connectivity index (χ0) is 12.4. The SMILES string of the molecule is CCn1c(C(N)CCO)nc2ccc(F)cc21. The Morgan fingerprint density at radius 3 is 2.94 bits per heavy atom. The number of benzene rings is 1. The van der Waals surface area contributed by atoms with Crippen molar-refractivity contribution in [2.24, 2.45) is 5.73 Å². The Hall–Kier alpha value is -1.46. The standard InChI is InChI=1S/C12H16FN3O/c1-2-16-11-7-8(13)3-4-10(11)15-12(16)9(14)5-6-17/h3-4,7,9,17H,2,5-6,14H2,1H3. The number of rotatable bonds is 4. The molecule has 1 heterocycles. The summed E-state index contributed by atoms with van der Waals surface area (Å²) in [4.78, 5) is 4.40. The Morgan fingerprint density at radius 2 is 2.29 bits per heavy atom. The van der Waals surface area contributed by atoms with Crippen molar-refractivity contribution in [3.05, 3.63) is 29.8 Å². The highest BCUT2D eigenvalue weighted by Gasteiger charge is 2.16. The van der Waals surface area contributed by atoms with Gasteiger partial charge in [-0.1, -0.05) is 0 Å². The summed E-state index contributed by atoms with van der Waals surface area (Å²) >= 11 is 0. The zero-order valence-electron chi connectivity index (χ0n) is 9.73. The van der Waals surface area contributed by atoms with Gasteiger partial charge < -0.3 is 15.4 Å². The van der Waals surface area contributed by atoms with E-state index in [0.29, 0.717) is 18.8 Å². The lowest BCUT2D eigenvalue weighted by Gasteiger charge is -2.11. The van der Waals surface area contributed by atoms with Gasteiger partial charge in [0.05, 0.1) is 17.1 Å². The molecule has 1 unspecified atom stereocenters. The van der Waals surface area contributed by atoms with Crippen LogP contribution in [0.25, 0.3) is 11.0 Å². The van der Waals surface area contributed by atoms with Gasteiger partial charge >= 0.3 is 0 Å². The fraction of sp³-hybridized carbons (Fsp3) is 0.417. The maximum absolute atomic E-state index is 13.2. The predicted molar refractivity (Wildman–Crippen MR) is 64.0 cm³/mol. The second kappa shape index (κ2) is 4.81. The molecule has 0 radical (unpaired) electrons. The van der Waals surface area contributed by atoms with E-state index in [1.54, 1.807) is 6.07 Å². The zero-order valence-corrected chi connectivity index (χ0v) is 9.73. The molecule has 1 aromatic carbocycles. The molecule has 0 saturated carbocycles. The minimum Gasteiger partial charge on any atom is -0.396 e. The molecule has 2 rings (SSSR count). The lowest BCUT2D eigenvalue weighted by molar-refractivity contribution is 0.273. The van der Waals surface area contributed by atoms with Crippen LogP contribution in [0.3, 0.4) is 0 Å². The van der Waals surface area contributed by atoms with Gasteiger partial charge in [-0.25, -0.2) is 9.37 Å². The van der Waals surface area contributed by atoms with E-state index in [1.165, 1.54) is 12.1 Å². The molecule has 0 fully saturated rings. The number of aliphatic hydroxyl groups is 1. The molecule has 0 aliphatic carbocycles. The van der Waals surface area contributed by atoms with E-state index in [9.17, 15) is 4.39 Å². The first-order valence-electron chi connectivity index (χ1n) is 5.69. The van der Waals surface area contributed by atoms with Crippen molar-refractivity contribution >= 4 is 11.0 Å². The van der Waals surface area contributed by atoms with E-state index in [-0.39, 0.29) is 18.5 Å². The molecule has 0 bridgehead atoms. The highest BCUT2D eigenvalue weighted by atomic mass is 19.1. The van der Waals surface area contributed by atoms with Crippen molar-refractivity contribution in [1.82, 2.24) is 9.55 Å². The summed E-state index contributed by atoms with van der Waals surface area (Å²) in [5.41, 5.74) is 7.43. The smallest absolute Gasteiger partial charge is 0.126 e. The number of aryl methyl sites for hydroxylation is 1. The molecule has 1 aromatic heterocycles. The van der Waals surface area contributed by atoms with Crippen molar-refractivity contribution in [3.8, 4) is 0 Å². The molecule has 0 spiro atoms. The third-order valence-corrected chi connectivity index (χ3v) is 2.83. The normalized spacial score (nSPS) is 13.2. The van der Waals surface area contributed by atoms with Crippen molar-refractivity contribution in [1.29, 1.82) is 0 Å². The van der Waals surface area contributed by atoms with E-state index >= 15 is 0 Å².